The number of carbonyl (C=O) groups excluding carboxylic acids is 2. The summed E-state index contributed by atoms with van der Waals surface area (Å²) in [5.41, 5.74) is 1.61. The summed E-state index contributed by atoms with van der Waals surface area (Å²) >= 11 is 7.28. The van der Waals surface area contributed by atoms with E-state index in [0.717, 1.165) is 4.90 Å². The molecule has 0 aliphatic rings. The van der Waals surface area contributed by atoms with Gasteiger partial charge in [0.05, 0.1) is 5.75 Å². The molecule has 0 fully saturated rings. The lowest BCUT2D eigenvalue weighted by Gasteiger charge is -2.07. The molecule has 0 aliphatic carbocycles. The summed E-state index contributed by atoms with van der Waals surface area (Å²) < 4.78 is 12.9. The van der Waals surface area contributed by atoms with Crippen molar-refractivity contribution in [2.75, 3.05) is 11.1 Å². The van der Waals surface area contributed by atoms with Gasteiger partial charge < -0.3 is 5.32 Å². The number of hydrogen-bond donors (Lipinski definition) is 1. The average Bonchev–Trinajstić information content (AvgIpc) is 2.68. The topological polar surface area (TPSA) is 46.2 Å². The van der Waals surface area contributed by atoms with Crippen LogP contribution < -0.4 is 5.32 Å². The third-order valence-electron chi connectivity index (χ3n) is 3.74. The highest BCUT2D eigenvalue weighted by molar-refractivity contribution is 8.00. The van der Waals surface area contributed by atoms with Crippen molar-refractivity contribution in [3.05, 3.63) is 94.8 Å². The molecule has 0 bridgehead atoms. The molecule has 0 spiro atoms. The molecule has 27 heavy (non-hydrogen) atoms. The van der Waals surface area contributed by atoms with E-state index < -0.39 is 0 Å². The molecule has 0 atom stereocenters. The van der Waals surface area contributed by atoms with Crippen molar-refractivity contribution in [3.63, 3.8) is 0 Å². The lowest BCUT2D eigenvalue weighted by molar-refractivity contribution is 0.101. The Hall–Kier alpha value is -2.63. The maximum Gasteiger partial charge on any atom is 0.255 e. The highest BCUT2D eigenvalue weighted by Gasteiger charge is 2.08. The van der Waals surface area contributed by atoms with Gasteiger partial charge in [0.1, 0.15) is 5.82 Å². The van der Waals surface area contributed by atoms with E-state index in [1.807, 2.05) is 12.1 Å². The van der Waals surface area contributed by atoms with Gasteiger partial charge in [0.2, 0.25) is 0 Å². The molecule has 3 aromatic rings. The highest BCUT2D eigenvalue weighted by Crippen LogP contribution is 2.22. The molecule has 0 saturated carbocycles. The molecule has 3 nitrogen and oxygen atoms in total. The van der Waals surface area contributed by atoms with E-state index in [2.05, 4.69) is 5.32 Å². The molecule has 0 saturated heterocycles. The molecule has 0 unspecified atom stereocenters. The van der Waals surface area contributed by atoms with E-state index >= 15 is 0 Å². The summed E-state index contributed by atoms with van der Waals surface area (Å²) in [4.78, 5) is 25.2. The number of Topliss-reactive ketones (excluding diaryl/α,β-unsaturated/α-hetero) is 1. The number of nitrogens with one attached hydrogen (secondary N) is 1. The van der Waals surface area contributed by atoms with Crippen LogP contribution in [0.3, 0.4) is 0 Å². The number of amides is 1. The minimum atomic E-state index is -0.366. The van der Waals surface area contributed by atoms with Gasteiger partial charge in [-0.2, -0.15) is 0 Å². The average molecular weight is 400 g/mol. The maximum absolute atomic E-state index is 12.9. The van der Waals surface area contributed by atoms with Gasteiger partial charge in [-0.05, 0) is 66.7 Å². The predicted molar refractivity (Wildman–Crippen MR) is 107 cm³/mol. The molecule has 1 amide bonds. The van der Waals surface area contributed by atoms with Gasteiger partial charge in [0, 0.05) is 26.7 Å². The summed E-state index contributed by atoms with van der Waals surface area (Å²) in [6, 6.07) is 19.4. The van der Waals surface area contributed by atoms with Gasteiger partial charge in [-0.15, -0.1) is 11.8 Å². The minimum Gasteiger partial charge on any atom is -0.322 e. The molecule has 0 aliphatic heterocycles. The van der Waals surface area contributed by atoms with Crippen molar-refractivity contribution < 1.29 is 14.0 Å². The highest BCUT2D eigenvalue weighted by atomic mass is 35.5. The SMILES string of the molecule is O=C(CSc1ccc(NC(=O)c2cccc(Cl)c2)cc1)c1ccc(F)cc1. The van der Waals surface area contributed by atoms with Crippen LogP contribution in [0.25, 0.3) is 0 Å². The van der Waals surface area contributed by atoms with Gasteiger partial charge >= 0.3 is 0 Å². The first-order valence-electron chi connectivity index (χ1n) is 8.10. The van der Waals surface area contributed by atoms with Gasteiger partial charge in [-0.25, -0.2) is 4.39 Å². The first kappa shape index (κ1) is 19.1. The van der Waals surface area contributed by atoms with E-state index in [1.54, 1.807) is 36.4 Å². The van der Waals surface area contributed by atoms with Crippen LogP contribution in [-0.4, -0.2) is 17.4 Å². The third-order valence-corrected chi connectivity index (χ3v) is 4.98. The van der Waals surface area contributed by atoms with E-state index in [9.17, 15) is 14.0 Å². The van der Waals surface area contributed by atoms with E-state index in [-0.39, 0.29) is 23.3 Å². The largest absolute Gasteiger partial charge is 0.322 e. The Morgan fingerprint density at radius 1 is 0.926 bits per heavy atom. The number of ketones is 1. The quantitative estimate of drug-likeness (QED) is 0.426. The van der Waals surface area contributed by atoms with Crippen LogP contribution in [0.2, 0.25) is 5.02 Å². The molecule has 0 aromatic heterocycles. The zero-order valence-corrected chi connectivity index (χ0v) is 15.7. The Labute approximate surface area is 165 Å². The summed E-state index contributed by atoms with van der Waals surface area (Å²) in [6.45, 7) is 0. The third kappa shape index (κ3) is 5.42. The van der Waals surface area contributed by atoms with Gasteiger partial charge in [-0.3, -0.25) is 9.59 Å². The lowest BCUT2D eigenvalue weighted by atomic mass is 10.1. The van der Waals surface area contributed by atoms with Crippen molar-refractivity contribution in [3.8, 4) is 0 Å². The Morgan fingerprint density at radius 2 is 1.63 bits per heavy atom. The molecule has 136 valence electrons. The molecule has 0 radical (unpaired) electrons. The number of anilines is 1. The summed E-state index contributed by atoms with van der Waals surface area (Å²) in [6.07, 6.45) is 0. The molecule has 3 aromatic carbocycles. The molecular formula is C21H15ClFNO2S. The molecular weight excluding hydrogens is 385 g/mol. The van der Waals surface area contributed by atoms with Crippen molar-refractivity contribution >= 4 is 40.7 Å². The van der Waals surface area contributed by atoms with Gasteiger partial charge in [0.15, 0.2) is 5.78 Å². The van der Waals surface area contributed by atoms with Crippen LogP contribution in [0.4, 0.5) is 10.1 Å². The van der Waals surface area contributed by atoms with Crippen LogP contribution >= 0.6 is 23.4 Å². The normalized spacial score (nSPS) is 10.4. The zero-order valence-electron chi connectivity index (χ0n) is 14.1. The van der Waals surface area contributed by atoms with Crippen molar-refractivity contribution in [2.45, 2.75) is 4.90 Å². The first-order chi connectivity index (χ1) is 13.0. The van der Waals surface area contributed by atoms with Crippen LogP contribution in [-0.2, 0) is 0 Å². The maximum atomic E-state index is 12.9. The zero-order chi connectivity index (χ0) is 19.2. The number of carbonyl (C=O) groups is 2. The molecule has 6 heteroatoms. The van der Waals surface area contributed by atoms with Crippen LogP contribution in [0.15, 0.2) is 77.7 Å². The van der Waals surface area contributed by atoms with Crippen molar-refractivity contribution in [2.24, 2.45) is 0 Å². The molecule has 0 heterocycles. The standard InChI is InChI=1S/C21H15ClFNO2S/c22-16-3-1-2-15(12-16)21(26)24-18-8-10-19(11-9-18)27-13-20(25)14-4-6-17(23)7-5-14/h1-12H,13H2,(H,24,26). The second-order valence-corrected chi connectivity index (χ2v) is 7.19. The fraction of sp³-hybridized carbons (Fsp3) is 0.0476. The molecule has 3 rings (SSSR count). The summed E-state index contributed by atoms with van der Waals surface area (Å²) in [5, 5.41) is 3.30. The lowest BCUT2D eigenvalue weighted by Crippen LogP contribution is -2.11. The van der Waals surface area contributed by atoms with Gasteiger partial charge in [0.25, 0.3) is 5.91 Å². The summed E-state index contributed by atoms with van der Waals surface area (Å²) in [5.74, 6) is -0.433. The number of rotatable bonds is 6. The fourth-order valence-electron chi connectivity index (χ4n) is 2.34. The minimum absolute atomic E-state index is 0.0710. The second kappa shape index (κ2) is 8.84. The molecule has 1 N–H and O–H groups in total. The van der Waals surface area contributed by atoms with Gasteiger partial charge in [-0.1, -0.05) is 17.7 Å². The smallest absolute Gasteiger partial charge is 0.255 e. The van der Waals surface area contributed by atoms with Crippen LogP contribution in [0, 0.1) is 5.82 Å². The van der Waals surface area contributed by atoms with E-state index in [0.29, 0.717) is 21.8 Å². The number of hydrogen-bond acceptors (Lipinski definition) is 3. The van der Waals surface area contributed by atoms with E-state index in [1.165, 1.54) is 36.0 Å². The van der Waals surface area contributed by atoms with Crippen LogP contribution in [0.1, 0.15) is 20.7 Å². The number of thioether (sulfide) groups is 1. The summed E-state index contributed by atoms with van der Waals surface area (Å²) in [7, 11) is 0. The monoisotopic (exact) mass is 399 g/mol. The Morgan fingerprint density at radius 3 is 2.30 bits per heavy atom. The number of benzene rings is 3. The van der Waals surface area contributed by atoms with Crippen molar-refractivity contribution in [1.82, 2.24) is 0 Å². The van der Waals surface area contributed by atoms with Crippen LogP contribution in [0.5, 0.6) is 0 Å². The Balaban J connectivity index is 1.56. The number of halogens is 2. The fourth-order valence-corrected chi connectivity index (χ4v) is 3.32. The Bertz CT molecular complexity index is 959. The first-order valence-corrected chi connectivity index (χ1v) is 9.46. The predicted octanol–water partition coefficient (Wildman–Crippen LogP) is 5.71. The van der Waals surface area contributed by atoms with E-state index in [4.69, 9.17) is 11.6 Å². The Kier molecular flexibility index (Phi) is 6.27. The second-order valence-electron chi connectivity index (χ2n) is 5.71. The van der Waals surface area contributed by atoms with Crippen molar-refractivity contribution in [1.29, 1.82) is 0 Å².